The van der Waals surface area contributed by atoms with Crippen molar-refractivity contribution < 1.29 is 4.74 Å². The predicted octanol–water partition coefficient (Wildman–Crippen LogP) is 2.24. The fourth-order valence-corrected chi connectivity index (χ4v) is 3.33. The summed E-state index contributed by atoms with van der Waals surface area (Å²) in [6.07, 6.45) is 6.65. The lowest BCUT2D eigenvalue weighted by atomic mass is 9.98. The van der Waals surface area contributed by atoms with Crippen LogP contribution in [0, 0.1) is 6.92 Å². The maximum Gasteiger partial charge on any atom is 0.0703 e. The average molecular weight is 273 g/mol. The van der Waals surface area contributed by atoms with Gasteiger partial charge in [0.25, 0.3) is 0 Å². The fraction of sp³-hybridized carbons (Fsp3) is 0.562. The van der Waals surface area contributed by atoms with Gasteiger partial charge < -0.3 is 10.5 Å². The molecule has 0 unspecified atom stereocenters. The molecule has 4 nitrogen and oxygen atoms in total. The number of hydrogen-bond donors (Lipinski definition) is 1. The molecule has 108 valence electrons. The summed E-state index contributed by atoms with van der Waals surface area (Å²) in [5.41, 5.74) is 10.1. The minimum absolute atomic E-state index is 0.362. The van der Waals surface area contributed by atoms with Crippen molar-refractivity contribution in [1.82, 2.24) is 9.88 Å². The van der Waals surface area contributed by atoms with Gasteiger partial charge in [-0.1, -0.05) is 6.08 Å². The van der Waals surface area contributed by atoms with Crippen LogP contribution in [-0.2, 0) is 4.74 Å². The van der Waals surface area contributed by atoms with Gasteiger partial charge in [-0.15, -0.1) is 0 Å². The Morgan fingerprint density at radius 3 is 2.90 bits per heavy atom. The Kier molecular flexibility index (Phi) is 3.76. The Morgan fingerprint density at radius 2 is 2.30 bits per heavy atom. The van der Waals surface area contributed by atoms with Gasteiger partial charge in [-0.05, 0) is 43.9 Å². The van der Waals surface area contributed by atoms with E-state index in [1.807, 2.05) is 6.07 Å². The van der Waals surface area contributed by atoms with Crippen LogP contribution in [0.2, 0.25) is 0 Å². The normalized spacial score (nSPS) is 27.6. The van der Waals surface area contributed by atoms with Crippen molar-refractivity contribution in [3.8, 4) is 0 Å². The summed E-state index contributed by atoms with van der Waals surface area (Å²) in [5, 5.41) is 0. The largest absolute Gasteiger partial charge is 0.397 e. The van der Waals surface area contributed by atoms with E-state index in [1.54, 1.807) is 6.20 Å². The van der Waals surface area contributed by atoms with Gasteiger partial charge in [0, 0.05) is 25.7 Å². The Morgan fingerprint density at radius 1 is 1.45 bits per heavy atom. The van der Waals surface area contributed by atoms with Crippen LogP contribution in [0.4, 0.5) is 5.69 Å². The molecule has 0 radical (unpaired) electrons. The lowest BCUT2D eigenvalue weighted by Crippen LogP contribution is -2.42. The molecular weight excluding hydrogens is 250 g/mol. The van der Waals surface area contributed by atoms with Gasteiger partial charge in [-0.25, -0.2) is 0 Å². The number of rotatable bonds is 2. The predicted molar refractivity (Wildman–Crippen MR) is 81.4 cm³/mol. The van der Waals surface area contributed by atoms with Gasteiger partial charge in [0.1, 0.15) is 0 Å². The lowest BCUT2D eigenvalue weighted by molar-refractivity contribution is 0.0782. The molecule has 0 bridgehead atoms. The Hall–Kier alpha value is -1.39. The second-order valence-corrected chi connectivity index (χ2v) is 5.84. The van der Waals surface area contributed by atoms with Crippen LogP contribution in [0.5, 0.6) is 0 Å². The minimum atomic E-state index is 0.362. The van der Waals surface area contributed by atoms with Crippen molar-refractivity contribution in [3.63, 3.8) is 0 Å². The molecular formula is C16H23N3O. The lowest BCUT2D eigenvalue weighted by Gasteiger charge is -2.33. The monoisotopic (exact) mass is 273 g/mol. The number of aromatic nitrogens is 1. The third-order valence-electron chi connectivity index (χ3n) is 4.45. The molecule has 20 heavy (non-hydrogen) atoms. The zero-order chi connectivity index (χ0) is 14.1. The molecule has 0 aromatic carbocycles. The topological polar surface area (TPSA) is 51.4 Å². The summed E-state index contributed by atoms with van der Waals surface area (Å²) in [5.74, 6) is 0. The Balaban J connectivity index is 1.73. The van der Waals surface area contributed by atoms with Crippen LogP contribution in [0.1, 0.15) is 31.0 Å². The van der Waals surface area contributed by atoms with E-state index in [4.69, 9.17) is 10.5 Å². The van der Waals surface area contributed by atoms with Crippen LogP contribution in [-0.4, -0.2) is 41.7 Å². The number of ether oxygens (including phenoxy) is 1. The van der Waals surface area contributed by atoms with E-state index in [0.29, 0.717) is 12.1 Å². The van der Waals surface area contributed by atoms with E-state index < -0.39 is 0 Å². The first kappa shape index (κ1) is 13.6. The highest BCUT2D eigenvalue weighted by Crippen LogP contribution is 2.28. The zero-order valence-corrected chi connectivity index (χ0v) is 12.3. The first-order valence-electron chi connectivity index (χ1n) is 7.42. The van der Waals surface area contributed by atoms with Gasteiger partial charge in [0.2, 0.25) is 0 Å². The molecule has 0 saturated carbocycles. The van der Waals surface area contributed by atoms with Crippen molar-refractivity contribution in [2.75, 3.05) is 25.4 Å². The van der Waals surface area contributed by atoms with Crippen LogP contribution in [0.15, 0.2) is 18.3 Å². The summed E-state index contributed by atoms with van der Waals surface area (Å²) in [6, 6.07) is 2.58. The van der Waals surface area contributed by atoms with Crippen LogP contribution < -0.4 is 5.73 Å². The summed E-state index contributed by atoms with van der Waals surface area (Å²) >= 11 is 0. The van der Waals surface area contributed by atoms with Crippen LogP contribution in [0.3, 0.4) is 0 Å². The fourth-order valence-electron chi connectivity index (χ4n) is 3.33. The number of hydrogen-bond acceptors (Lipinski definition) is 4. The molecule has 1 saturated heterocycles. The number of anilines is 1. The second kappa shape index (κ2) is 5.54. The van der Waals surface area contributed by atoms with E-state index in [-0.39, 0.29) is 0 Å². The van der Waals surface area contributed by atoms with Crippen LogP contribution in [0.25, 0.3) is 5.57 Å². The Bertz CT molecular complexity index is 526. The highest BCUT2D eigenvalue weighted by atomic mass is 16.5. The molecule has 0 amide bonds. The van der Waals surface area contributed by atoms with E-state index in [0.717, 1.165) is 43.9 Å². The highest BCUT2D eigenvalue weighted by molar-refractivity contribution is 5.67. The standard InChI is InChI=1S/C16H23N3O/c1-11-9-14(17)10-18-16(11)13-3-6-19(7-4-13)15-5-8-20-12(15)2/h3,9-10,12,15H,4-8,17H2,1-2H3/t12-,15+/m1/s1. The van der Waals surface area contributed by atoms with Crippen LogP contribution >= 0.6 is 0 Å². The molecule has 0 aliphatic carbocycles. The van der Waals surface area contributed by atoms with Crippen molar-refractivity contribution in [2.24, 2.45) is 0 Å². The third-order valence-corrected chi connectivity index (χ3v) is 4.45. The molecule has 2 aliphatic rings. The second-order valence-electron chi connectivity index (χ2n) is 5.84. The minimum Gasteiger partial charge on any atom is -0.397 e. The van der Waals surface area contributed by atoms with E-state index >= 15 is 0 Å². The zero-order valence-electron chi connectivity index (χ0n) is 12.3. The summed E-state index contributed by atoms with van der Waals surface area (Å²) in [4.78, 5) is 7.04. The SMILES string of the molecule is Cc1cc(N)cnc1C1=CCN([C@H]2CCO[C@@H]2C)CC1. The van der Waals surface area contributed by atoms with Crippen molar-refractivity contribution in [2.45, 2.75) is 38.8 Å². The van der Waals surface area contributed by atoms with Gasteiger partial charge >= 0.3 is 0 Å². The van der Waals surface area contributed by atoms with Crippen molar-refractivity contribution >= 4 is 11.3 Å². The summed E-state index contributed by atoms with van der Waals surface area (Å²) in [7, 11) is 0. The smallest absolute Gasteiger partial charge is 0.0703 e. The molecule has 1 aromatic rings. The maximum absolute atomic E-state index is 5.77. The van der Waals surface area contributed by atoms with Gasteiger partial charge in [-0.2, -0.15) is 0 Å². The van der Waals surface area contributed by atoms with Gasteiger partial charge in [0.15, 0.2) is 0 Å². The summed E-state index contributed by atoms with van der Waals surface area (Å²) < 4.78 is 5.67. The molecule has 4 heteroatoms. The number of nitrogens with two attached hydrogens (primary N) is 1. The molecule has 3 heterocycles. The molecule has 3 rings (SSSR count). The Labute approximate surface area is 120 Å². The third kappa shape index (κ3) is 2.58. The first-order chi connectivity index (χ1) is 9.65. The number of pyridine rings is 1. The van der Waals surface area contributed by atoms with E-state index in [1.165, 1.54) is 11.1 Å². The average Bonchev–Trinajstić information content (AvgIpc) is 2.85. The van der Waals surface area contributed by atoms with Gasteiger partial charge in [0.05, 0.1) is 23.7 Å². The molecule has 1 fully saturated rings. The summed E-state index contributed by atoms with van der Waals surface area (Å²) in [6.45, 7) is 7.26. The molecule has 1 aromatic heterocycles. The van der Waals surface area contributed by atoms with E-state index in [2.05, 4.69) is 29.8 Å². The molecule has 2 aliphatic heterocycles. The van der Waals surface area contributed by atoms with E-state index in [9.17, 15) is 0 Å². The number of nitrogens with zero attached hydrogens (tertiary/aromatic N) is 2. The molecule has 2 N–H and O–H groups in total. The quantitative estimate of drug-likeness (QED) is 0.898. The number of nitrogen functional groups attached to an aromatic ring is 1. The maximum atomic E-state index is 5.77. The van der Waals surface area contributed by atoms with Crippen molar-refractivity contribution in [1.29, 1.82) is 0 Å². The molecule has 2 atom stereocenters. The highest BCUT2D eigenvalue weighted by Gasteiger charge is 2.30. The number of aryl methyl sites for hydroxylation is 1. The van der Waals surface area contributed by atoms with Gasteiger partial charge in [-0.3, -0.25) is 9.88 Å². The first-order valence-corrected chi connectivity index (χ1v) is 7.42. The molecule has 0 spiro atoms. The van der Waals surface area contributed by atoms with Crippen molar-refractivity contribution in [3.05, 3.63) is 29.6 Å².